The van der Waals surface area contributed by atoms with Gasteiger partial charge in [0.15, 0.2) is 0 Å². The van der Waals surface area contributed by atoms with Gasteiger partial charge in [-0.2, -0.15) is 0 Å². The molecule has 3 rings (SSSR count). The highest BCUT2D eigenvalue weighted by atomic mass is 79.9. The van der Waals surface area contributed by atoms with Crippen molar-refractivity contribution in [3.63, 3.8) is 0 Å². The molecule has 2 heterocycles. The molecule has 0 bridgehead atoms. The lowest BCUT2D eigenvalue weighted by Gasteiger charge is -2.06. The Morgan fingerprint density at radius 2 is 2.26 bits per heavy atom. The summed E-state index contributed by atoms with van der Waals surface area (Å²) in [6.45, 7) is 2.96. The van der Waals surface area contributed by atoms with Crippen LogP contribution >= 0.6 is 27.3 Å². The zero-order chi connectivity index (χ0) is 13.4. The van der Waals surface area contributed by atoms with Gasteiger partial charge in [0.05, 0.1) is 8.66 Å². The highest BCUT2D eigenvalue weighted by molar-refractivity contribution is 9.11. The third-order valence-electron chi connectivity index (χ3n) is 3.15. The maximum absolute atomic E-state index is 12.1. The van der Waals surface area contributed by atoms with Crippen molar-refractivity contribution >= 4 is 44.5 Å². The molecule has 1 aliphatic rings. The van der Waals surface area contributed by atoms with E-state index in [9.17, 15) is 4.79 Å². The summed E-state index contributed by atoms with van der Waals surface area (Å²) in [4.78, 5) is 12.9. The van der Waals surface area contributed by atoms with Crippen LogP contribution in [0.3, 0.4) is 0 Å². The van der Waals surface area contributed by atoms with Gasteiger partial charge < -0.3 is 10.6 Å². The van der Waals surface area contributed by atoms with Gasteiger partial charge in [0.2, 0.25) is 0 Å². The molecule has 2 N–H and O–H groups in total. The first-order valence-corrected chi connectivity index (χ1v) is 7.68. The molecule has 0 atom stereocenters. The SMILES string of the molecule is Cc1cc(C(=O)Nc2ccc3c(c2)CCN3)sc1Br. The molecular weight excluding hydrogens is 324 g/mol. The van der Waals surface area contributed by atoms with Gasteiger partial charge in [-0.15, -0.1) is 11.3 Å². The van der Waals surface area contributed by atoms with Crippen LogP contribution in [-0.2, 0) is 6.42 Å². The summed E-state index contributed by atoms with van der Waals surface area (Å²) >= 11 is 4.90. The summed E-state index contributed by atoms with van der Waals surface area (Å²) in [5.41, 5.74) is 4.39. The molecule has 1 aromatic carbocycles. The van der Waals surface area contributed by atoms with Crippen molar-refractivity contribution in [2.75, 3.05) is 17.2 Å². The fraction of sp³-hybridized carbons (Fsp3) is 0.214. The lowest BCUT2D eigenvalue weighted by atomic mass is 10.1. The summed E-state index contributed by atoms with van der Waals surface area (Å²) in [6.07, 6.45) is 1.02. The second-order valence-electron chi connectivity index (χ2n) is 4.57. The van der Waals surface area contributed by atoms with Crippen molar-refractivity contribution in [3.05, 3.63) is 44.1 Å². The van der Waals surface area contributed by atoms with Crippen molar-refractivity contribution in [3.8, 4) is 0 Å². The molecule has 0 aliphatic carbocycles. The van der Waals surface area contributed by atoms with Gasteiger partial charge in [-0.05, 0) is 64.7 Å². The molecule has 0 fully saturated rings. The number of rotatable bonds is 2. The predicted molar refractivity (Wildman–Crippen MR) is 83.3 cm³/mol. The molecule has 0 radical (unpaired) electrons. The van der Waals surface area contributed by atoms with Crippen LogP contribution in [0.5, 0.6) is 0 Å². The monoisotopic (exact) mass is 336 g/mol. The van der Waals surface area contributed by atoms with Crippen LogP contribution in [-0.4, -0.2) is 12.5 Å². The van der Waals surface area contributed by atoms with Crippen LogP contribution in [0, 0.1) is 6.92 Å². The molecule has 0 saturated heterocycles. The van der Waals surface area contributed by atoms with Crippen LogP contribution in [0.2, 0.25) is 0 Å². The molecule has 5 heteroatoms. The third-order valence-corrected chi connectivity index (χ3v) is 5.29. The van der Waals surface area contributed by atoms with Gasteiger partial charge in [-0.25, -0.2) is 0 Å². The molecule has 98 valence electrons. The Kier molecular flexibility index (Phi) is 3.33. The molecule has 3 nitrogen and oxygen atoms in total. The molecule has 2 aromatic rings. The number of benzene rings is 1. The fourth-order valence-corrected chi connectivity index (χ4v) is 3.58. The summed E-state index contributed by atoms with van der Waals surface area (Å²) in [5.74, 6) is -0.0512. The first kappa shape index (κ1) is 12.7. The average Bonchev–Trinajstić information content (AvgIpc) is 2.96. The summed E-state index contributed by atoms with van der Waals surface area (Å²) in [7, 11) is 0. The highest BCUT2D eigenvalue weighted by Gasteiger charge is 2.14. The van der Waals surface area contributed by atoms with Crippen molar-refractivity contribution in [2.45, 2.75) is 13.3 Å². The number of hydrogen-bond donors (Lipinski definition) is 2. The maximum Gasteiger partial charge on any atom is 0.265 e. The number of carbonyl (C=O) groups is 1. The Morgan fingerprint density at radius 3 is 3.00 bits per heavy atom. The quantitative estimate of drug-likeness (QED) is 0.868. The molecule has 1 aliphatic heterocycles. The first-order valence-electron chi connectivity index (χ1n) is 6.07. The van der Waals surface area contributed by atoms with Crippen LogP contribution in [0.1, 0.15) is 20.8 Å². The summed E-state index contributed by atoms with van der Waals surface area (Å²) in [5, 5.41) is 6.26. The van der Waals surface area contributed by atoms with Crippen LogP contribution < -0.4 is 10.6 Å². The van der Waals surface area contributed by atoms with E-state index in [1.54, 1.807) is 0 Å². The minimum Gasteiger partial charge on any atom is -0.384 e. The standard InChI is InChI=1S/C14H13BrN2OS/c1-8-6-12(19-13(8)15)14(18)17-10-2-3-11-9(7-10)4-5-16-11/h2-3,6-7,16H,4-5H2,1H3,(H,17,18). The third kappa shape index (κ3) is 2.53. The number of thiophene rings is 1. The smallest absolute Gasteiger partial charge is 0.265 e. The predicted octanol–water partition coefficient (Wildman–Crippen LogP) is 4.04. The molecule has 1 aromatic heterocycles. The maximum atomic E-state index is 12.1. The van der Waals surface area contributed by atoms with Crippen LogP contribution in [0.15, 0.2) is 28.1 Å². The Bertz CT molecular complexity index is 631. The number of carbonyl (C=O) groups excluding carboxylic acids is 1. The van der Waals surface area contributed by atoms with Gasteiger partial charge in [-0.1, -0.05) is 0 Å². The number of nitrogens with one attached hydrogen (secondary N) is 2. The molecular formula is C14H13BrN2OS. The van der Waals surface area contributed by atoms with E-state index in [4.69, 9.17) is 0 Å². The summed E-state index contributed by atoms with van der Waals surface area (Å²) < 4.78 is 1.01. The lowest BCUT2D eigenvalue weighted by molar-refractivity contribution is 0.103. The number of fused-ring (bicyclic) bond motifs is 1. The van der Waals surface area contributed by atoms with Gasteiger partial charge in [0.1, 0.15) is 0 Å². The first-order chi connectivity index (χ1) is 9.13. The van der Waals surface area contributed by atoms with Crippen molar-refractivity contribution in [1.29, 1.82) is 0 Å². The van der Waals surface area contributed by atoms with Gasteiger partial charge in [0.25, 0.3) is 5.91 Å². The molecule has 0 saturated carbocycles. The van der Waals surface area contributed by atoms with E-state index in [-0.39, 0.29) is 5.91 Å². The largest absolute Gasteiger partial charge is 0.384 e. The van der Waals surface area contributed by atoms with Gasteiger partial charge in [-0.3, -0.25) is 4.79 Å². The zero-order valence-corrected chi connectivity index (χ0v) is 12.8. The minimum atomic E-state index is -0.0512. The second kappa shape index (κ2) is 4.98. The van der Waals surface area contributed by atoms with E-state index in [0.717, 1.165) is 32.9 Å². The van der Waals surface area contributed by atoms with Crippen LogP contribution in [0.25, 0.3) is 0 Å². The molecule has 0 unspecified atom stereocenters. The fourth-order valence-electron chi connectivity index (χ4n) is 2.15. The number of aryl methyl sites for hydroxylation is 1. The number of halogens is 1. The normalized spacial score (nSPS) is 12.9. The highest BCUT2D eigenvalue weighted by Crippen LogP contribution is 2.29. The van der Waals surface area contributed by atoms with E-state index in [0.29, 0.717) is 0 Å². The Morgan fingerprint density at radius 1 is 1.42 bits per heavy atom. The lowest BCUT2D eigenvalue weighted by Crippen LogP contribution is -2.10. The van der Waals surface area contributed by atoms with E-state index >= 15 is 0 Å². The molecule has 19 heavy (non-hydrogen) atoms. The topological polar surface area (TPSA) is 41.1 Å². The van der Waals surface area contributed by atoms with E-state index in [1.807, 2.05) is 31.2 Å². The number of hydrogen-bond acceptors (Lipinski definition) is 3. The number of amides is 1. The second-order valence-corrected chi connectivity index (χ2v) is 6.94. The summed E-state index contributed by atoms with van der Waals surface area (Å²) in [6, 6.07) is 7.90. The van der Waals surface area contributed by atoms with E-state index < -0.39 is 0 Å². The Balaban J connectivity index is 1.79. The van der Waals surface area contributed by atoms with E-state index in [1.165, 1.54) is 22.6 Å². The Labute approximate surface area is 124 Å². The van der Waals surface area contributed by atoms with Crippen molar-refractivity contribution < 1.29 is 4.79 Å². The van der Waals surface area contributed by atoms with Gasteiger partial charge >= 0.3 is 0 Å². The number of anilines is 2. The zero-order valence-electron chi connectivity index (χ0n) is 10.4. The minimum absolute atomic E-state index is 0.0512. The average molecular weight is 337 g/mol. The Hall–Kier alpha value is -1.33. The van der Waals surface area contributed by atoms with Crippen LogP contribution in [0.4, 0.5) is 11.4 Å². The van der Waals surface area contributed by atoms with Crippen molar-refractivity contribution in [2.24, 2.45) is 0 Å². The molecule has 1 amide bonds. The van der Waals surface area contributed by atoms with Crippen molar-refractivity contribution in [1.82, 2.24) is 0 Å². The van der Waals surface area contributed by atoms with Gasteiger partial charge in [0, 0.05) is 17.9 Å². The molecule has 0 spiro atoms. The van der Waals surface area contributed by atoms with E-state index in [2.05, 4.69) is 26.6 Å².